The molecule has 0 unspecified atom stereocenters. The quantitative estimate of drug-likeness (QED) is 0.725. The minimum absolute atomic E-state index is 0.0998. The minimum Gasteiger partial charge on any atom is -0.493 e. The first kappa shape index (κ1) is 19.1. The van der Waals surface area contributed by atoms with E-state index in [1.807, 2.05) is 0 Å². The Hall–Kier alpha value is -2.22. The van der Waals surface area contributed by atoms with Crippen molar-refractivity contribution in [3.63, 3.8) is 0 Å². The molecule has 1 aliphatic rings. The van der Waals surface area contributed by atoms with Gasteiger partial charge in [-0.15, -0.1) is 11.8 Å². The van der Waals surface area contributed by atoms with Crippen LogP contribution in [0.5, 0.6) is 11.5 Å². The number of carbonyl (C=O) groups excluding carboxylic acids is 3. The van der Waals surface area contributed by atoms with E-state index in [0.717, 1.165) is 0 Å². The Morgan fingerprint density at radius 3 is 2.40 bits per heavy atom. The smallest absolute Gasteiger partial charge is 0.346 e. The largest absolute Gasteiger partial charge is 0.493 e. The molecule has 7 nitrogen and oxygen atoms in total. The lowest BCUT2D eigenvalue weighted by Gasteiger charge is -2.17. The zero-order chi connectivity index (χ0) is 18.6. The van der Waals surface area contributed by atoms with Gasteiger partial charge >= 0.3 is 11.9 Å². The number of ketones is 1. The highest BCUT2D eigenvalue weighted by atomic mass is 32.2. The third kappa shape index (κ3) is 4.25. The molecule has 2 rings (SSSR count). The summed E-state index contributed by atoms with van der Waals surface area (Å²) < 4.78 is 20.2. The Bertz CT molecular complexity index is 686. The molecular weight excluding hydrogens is 348 g/mol. The molecule has 1 aliphatic heterocycles. The molecule has 0 N–H and O–H groups in total. The number of rotatable bonds is 5. The number of thioether (sulfide) groups is 1. The summed E-state index contributed by atoms with van der Waals surface area (Å²) in [4.78, 5) is 36.1. The predicted octanol–water partition coefficient (Wildman–Crippen LogP) is 1.65. The van der Waals surface area contributed by atoms with E-state index in [2.05, 4.69) is 4.74 Å². The van der Waals surface area contributed by atoms with Gasteiger partial charge in [-0.05, 0) is 31.0 Å². The van der Waals surface area contributed by atoms with Gasteiger partial charge in [0.25, 0.3) is 0 Å². The van der Waals surface area contributed by atoms with Crippen LogP contribution in [0.1, 0.15) is 22.8 Å². The summed E-state index contributed by atoms with van der Waals surface area (Å²) in [5.74, 6) is -0.212. The van der Waals surface area contributed by atoms with Crippen molar-refractivity contribution < 1.29 is 33.3 Å². The fourth-order valence-corrected chi connectivity index (χ4v) is 3.47. The molecule has 2 atom stereocenters. The maximum atomic E-state index is 12.4. The van der Waals surface area contributed by atoms with E-state index in [-0.39, 0.29) is 11.5 Å². The Morgan fingerprint density at radius 1 is 1.16 bits per heavy atom. The summed E-state index contributed by atoms with van der Waals surface area (Å²) in [5.41, 5.74) is 1.18. The first-order valence-corrected chi connectivity index (χ1v) is 8.64. The normalized spacial score (nSPS) is 17.8. The highest BCUT2D eigenvalue weighted by molar-refractivity contribution is 8.01. The number of hydrogen-bond donors (Lipinski definition) is 0. The van der Waals surface area contributed by atoms with Crippen LogP contribution in [-0.4, -0.2) is 56.2 Å². The van der Waals surface area contributed by atoms with Crippen molar-refractivity contribution in [2.45, 2.75) is 24.7 Å². The van der Waals surface area contributed by atoms with Crippen LogP contribution in [0.4, 0.5) is 0 Å². The standard InChI is InChI=1S/C17H20O7S/c1-9(16(19)23-4)24-17(20)15-6-10-5-13(21-2)14(22-3)7-11(10)12(18)8-25-15/h5,7,9,15H,6,8H2,1-4H3/t9-,15+/m1/s1. The summed E-state index contributed by atoms with van der Waals surface area (Å²) in [6, 6.07) is 3.32. The summed E-state index contributed by atoms with van der Waals surface area (Å²) in [6.07, 6.45) is -0.708. The molecule has 0 radical (unpaired) electrons. The Balaban J connectivity index is 2.25. The third-order valence-corrected chi connectivity index (χ3v) is 5.01. The van der Waals surface area contributed by atoms with Crippen LogP contribution in [0.3, 0.4) is 0 Å². The second kappa shape index (κ2) is 8.24. The van der Waals surface area contributed by atoms with Gasteiger partial charge in [-0.25, -0.2) is 4.79 Å². The van der Waals surface area contributed by atoms with E-state index in [1.54, 1.807) is 12.1 Å². The van der Waals surface area contributed by atoms with Crippen molar-refractivity contribution in [1.82, 2.24) is 0 Å². The summed E-state index contributed by atoms with van der Waals surface area (Å²) in [5, 5.41) is -0.601. The van der Waals surface area contributed by atoms with Crippen molar-refractivity contribution in [1.29, 1.82) is 0 Å². The van der Waals surface area contributed by atoms with Crippen LogP contribution in [0, 0.1) is 0 Å². The first-order valence-electron chi connectivity index (χ1n) is 7.59. The number of benzene rings is 1. The SMILES string of the molecule is COC(=O)[C@@H](C)OC(=O)[C@@H]1Cc2cc(OC)c(OC)cc2C(=O)CS1. The molecule has 1 aromatic rings. The van der Waals surface area contributed by atoms with E-state index >= 15 is 0 Å². The van der Waals surface area contributed by atoms with Gasteiger partial charge < -0.3 is 18.9 Å². The minimum atomic E-state index is -0.998. The zero-order valence-corrected chi connectivity index (χ0v) is 15.3. The number of fused-ring (bicyclic) bond motifs is 1. The van der Waals surface area contributed by atoms with E-state index in [1.165, 1.54) is 40.0 Å². The number of Topliss-reactive ketones (excluding diaryl/α,β-unsaturated/α-hetero) is 1. The van der Waals surface area contributed by atoms with Crippen molar-refractivity contribution in [2.24, 2.45) is 0 Å². The number of esters is 2. The van der Waals surface area contributed by atoms with Gasteiger partial charge in [0.1, 0.15) is 5.25 Å². The highest BCUT2D eigenvalue weighted by Gasteiger charge is 2.31. The molecule has 25 heavy (non-hydrogen) atoms. The maximum Gasteiger partial charge on any atom is 0.346 e. The predicted molar refractivity (Wildman–Crippen MR) is 91.4 cm³/mol. The van der Waals surface area contributed by atoms with Crippen LogP contribution in [0.2, 0.25) is 0 Å². The van der Waals surface area contributed by atoms with Crippen LogP contribution in [-0.2, 0) is 25.5 Å². The van der Waals surface area contributed by atoms with Crippen molar-refractivity contribution in [3.8, 4) is 11.5 Å². The molecule has 0 saturated carbocycles. The van der Waals surface area contributed by atoms with Gasteiger partial charge in [-0.2, -0.15) is 0 Å². The molecule has 0 saturated heterocycles. The van der Waals surface area contributed by atoms with E-state index < -0.39 is 23.3 Å². The molecule has 1 heterocycles. The van der Waals surface area contributed by atoms with Crippen LogP contribution < -0.4 is 9.47 Å². The fourth-order valence-electron chi connectivity index (χ4n) is 2.48. The molecule has 0 amide bonds. The second-order valence-corrected chi connectivity index (χ2v) is 6.58. The Kier molecular flexibility index (Phi) is 6.30. The molecule has 0 aliphatic carbocycles. The van der Waals surface area contributed by atoms with E-state index in [4.69, 9.17) is 14.2 Å². The lowest BCUT2D eigenvalue weighted by atomic mass is 9.99. The third-order valence-electron chi connectivity index (χ3n) is 3.82. The molecular formula is C17H20O7S. The number of methoxy groups -OCH3 is 3. The fraction of sp³-hybridized carbons (Fsp3) is 0.471. The van der Waals surface area contributed by atoms with Crippen molar-refractivity contribution in [2.75, 3.05) is 27.1 Å². The average molecular weight is 368 g/mol. The van der Waals surface area contributed by atoms with Gasteiger partial charge in [-0.1, -0.05) is 0 Å². The molecule has 0 aromatic heterocycles. The van der Waals surface area contributed by atoms with Gasteiger partial charge in [0.2, 0.25) is 0 Å². The molecule has 0 bridgehead atoms. The second-order valence-electron chi connectivity index (χ2n) is 5.39. The van der Waals surface area contributed by atoms with Crippen molar-refractivity contribution >= 4 is 29.5 Å². The highest BCUT2D eigenvalue weighted by Crippen LogP contribution is 2.35. The number of ether oxygens (including phenoxy) is 4. The summed E-state index contributed by atoms with van der Waals surface area (Å²) >= 11 is 1.19. The number of hydrogen-bond acceptors (Lipinski definition) is 8. The van der Waals surface area contributed by atoms with Gasteiger partial charge in [-0.3, -0.25) is 9.59 Å². The average Bonchev–Trinajstić information content (AvgIpc) is 2.78. The Morgan fingerprint density at radius 2 is 1.80 bits per heavy atom. The van der Waals surface area contributed by atoms with Crippen molar-refractivity contribution in [3.05, 3.63) is 23.3 Å². The molecule has 0 fully saturated rings. The summed E-state index contributed by atoms with van der Waals surface area (Å²) in [7, 11) is 4.22. The molecule has 8 heteroatoms. The lowest BCUT2D eigenvalue weighted by molar-refractivity contribution is -0.164. The van der Waals surface area contributed by atoms with Crippen LogP contribution in [0.25, 0.3) is 0 Å². The topological polar surface area (TPSA) is 88.1 Å². The van der Waals surface area contributed by atoms with Crippen LogP contribution in [0.15, 0.2) is 12.1 Å². The number of carbonyl (C=O) groups is 3. The monoisotopic (exact) mass is 368 g/mol. The van der Waals surface area contributed by atoms with Gasteiger partial charge in [0, 0.05) is 5.56 Å². The van der Waals surface area contributed by atoms with Crippen LogP contribution >= 0.6 is 11.8 Å². The van der Waals surface area contributed by atoms with E-state index in [0.29, 0.717) is 29.0 Å². The maximum absolute atomic E-state index is 12.4. The summed E-state index contributed by atoms with van der Waals surface area (Å²) in [6.45, 7) is 1.44. The van der Waals surface area contributed by atoms with Gasteiger partial charge in [0.15, 0.2) is 23.4 Å². The molecule has 136 valence electrons. The lowest BCUT2D eigenvalue weighted by Crippen LogP contribution is -2.31. The molecule has 1 aromatic carbocycles. The van der Waals surface area contributed by atoms with Gasteiger partial charge in [0.05, 0.1) is 27.1 Å². The Labute approximate surface area is 150 Å². The molecule has 0 spiro atoms. The first-order chi connectivity index (χ1) is 11.9. The zero-order valence-electron chi connectivity index (χ0n) is 14.5. The van der Waals surface area contributed by atoms with E-state index in [9.17, 15) is 14.4 Å².